The molecule has 116 valence electrons. The second-order valence-corrected chi connectivity index (χ2v) is 4.83. The molecular formula is C16H11F2N3O2. The highest BCUT2D eigenvalue weighted by Gasteiger charge is 2.18. The summed E-state index contributed by atoms with van der Waals surface area (Å²) in [6, 6.07) is 8.96. The van der Waals surface area contributed by atoms with E-state index in [0.29, 0.717) is 0 Å². The Hall–Kier alpha value is -3.22. The summed E-state index contributed by atoms with van der Waals surface area (Å²) in [4.78, 5) is 12.4. The minimum absolute atomic E-state index is 0.00986. The van der Waals surface area contributed by atoms with Gasteiger partial charge in [-0.25, -0.2) is 13.5 Å². The van der Waals surface area contributed by atoms with Gasteiger partial charge in [-0.1, -0.05) is 12.1 Å². The van der Waals surface area contributed by atoms with Crippen LogP contribution in [0.3, 0.4) is 0 Å². The number of phenols is 1. The molecule has 3 aromatic rings. The van der Waals surface area contributed by atoms with Crippen LogP contribution in [-0.2, 0) is 0 Å². The normalized spacial score (nSPS) is 10.7. The lowest BCUT2D eigenvalue weighted by Gasteiger charge is -2.06. The Bertz CT molecular complexity index is 906. The molecule has 1 heterocycles. The zero-order valence-corrected chi connectivity index (χ0v) is 11.7. The third kappa shape index (κ3) is 2.64. The van der Waals surface area contributed by atoms with Crippen LogP contribution in [0.25, 0.3) is 5.69 Å². The summed E-state index contributed by atoms with van der Waals surface area (Å²) in [6.07, 6.45) is 1.24. The molecule has 1 aromatic heterocycles. The van der Waals surface area contributed by atoms with Crippen molar-refractivity contribution in [1.82, 2.24) is 9.78 Å². The van der Waals surface area contributed by atoms with Crippen molar-refractivity contribution in [3.8, 4) is 11.4 Å². The number of hydrogen-bond acceptors (Lipinski definition) is 4. The minimum atomic E-state index is -1.04. The fourth-order valence-electron chi connectivity index (χ4n) is 2.16. The first kappa shape index (κ1) is 14.7. The number of ketones is 1. The SMILES string of the molecule is Nc1c(C(=O)c2cccc(O)c2)cnn1-c1ccc(F)c(F)c1. The third-order valence-corrected chi connectivity index (χ3v) is 3.31. The van der Waals surface area contributed by atoms with Gasteiger partial charge in [-0.05, 0) is 24.3 Å². The van der Waals surface area contributed by atoms with Gasteiger partial charge < -0.3 is 10.8 Å². The van der Waals surface area contributed by atoms with E-state index in [4.69, 9.17) is 5.73 Å². The molecular weight excluding hydrogens is 304 g/mol. The average Bonchev–Trinajstić information content (AvgIpc) is 2.91. The number of carbonyl (C=O) groups excluding carboxylic acids is 1. The number of benzene rings is 2. The van der Waals surface area contributed by atoms with Gasteiger partial charge in [0.25, 0.3) is 0 Å². The topological polar surface area (TPSA) is 81.1 Å². The molecule has 0 radical (unpaired) electrons. The van der Waals surface area contributed by atoms with E-state index in [1.165, 1.54) is 36.5 Å². The van der Waals surface area contributed by atoms with Crippen molar-refractivity contribution >= 4 is 11.6 Å². The van der Waals surface area contributed by atoms with Crippen LogP contribution in [0.5, 0.6) is 5.75 Å². The molecule has 0 fully saturated rings. The van der Waals surface area contributed by atoms with Crippen LogP contribution in [0.2, 0.25) is 0 Å². The van der Waals surface area contributed by atoms with Crippen LogP contribution < -0.4 is 5.73 Å². The van der Waals surface area contributed by atoms with Gasteiger partial charge in [0, 0.05) is 11.6 Å². The molecule has 0 atom stereocenters. The van der Waals surface area contributed by atoms with Crippen LogP contribution in [-0.4, -0.2) is 20.7 Å². The largest absolute Gasteiger partial charge is 0.508 e. The lowest BCUT2D eigenvalue weighted by molar-refractivity contribution is 0.103. The third-order valence-electron chi connectivity index (χ3n) is 3.31. The summed E-state index contributed by atoms with van der Waals surface area (Å²) < 4.78 is 27.5. The van der Waals surface area contributed by atoms with Gasteiger partial charge in [0.05, 0.1) is 17.4 Å². The fourth-order valence-corrected chi connectivity index (χ4v) is 2.16. The summed E-state index contributed by atoms with van der Waals surface area (Å²) in [5.41, 5.74) is 6.43. The van der Waals surface area contributed by atoms with Crippen molar-refractivity contribution in [3.63, 3.8) is 0 Å². The quantitative estimate of drug-likeness (QED) is 0.728. The maximum atomic E-state index is 13.3. The fraction of sp³-hybridized carbons (Fsp3) is 0. The maximum Gasteiger partial charge on any atom is 0.198 e. The molecule has 23 heavy (non-hydrogen) atoms. The number of rotatable bonds is 3. The van der Waals surface area contributed by atoms with Crippen molar-refractivity contribution in [3.05, 3.63) is 71.4 Å². The van der Waals surface area contributed by atoms with Crippen LogP contribution in [0.15, 0.2) is 48.7 Å². The van der Waals surface area contributed by atoms with Crippen LogP contribution in [0, 0.1) is 11.6 Å². The Labute approximate surface area is 129 Å². The van der Waals surface area contributed by atoms with E-state index in [0.717, 1.165) is 16.8 Å². The Morgan fingerprint density at radius 2 is 1.91 bits per heavy atom. The van der Waals surface area contributed by atoms with Gasteiger partial charge in [-0.2, -0.15) is 5.10 Å². The number of hydrogen-bond donors (Lipinski definition) is 2. The first-order valence-corrected chi connectivity index (χ1v) is 6.60. The Morgan fingerprint density at radius 3 is 2.61 bits per heavy atom. The molecule has 0 bridgehead atoms. The molecule has 0 saturated heterocycles. The number of aromatic nitrogens is 2. The Morgan fingerprint density at radius 1 is 1.13 bits per heavy atom. The summed E-state index contributed by atoms with van der Waals surface area (Å²) in [6.45, 7) is 0. The minimum Gasteiger partial charge on any atom is -0.508 e. The molecule has 2 aromatic carbocycles. The van der Waals surface area contributed by atoms with E-state index < -0.39 is 17.4 Å². The number of carbonyl (C=O) groups is 1. The lowest BCUT2D eigenvalue weighted by atomic mass is 10.1. The molecule has 0 spiro atoms. The average molecular weight is 315 g/mol. The van der Waals surface area contributed by atoms with Gasteiger partial charge in [0.15, 0.2) is 17.4 Å². The molecule has 7 heteroatoms. The van der Waals surface area contributed by atoms with E-state index in [9.17, 15) is 18.7 Å². The maximum absolute atomic E-state index is 13.3. The van der Waals surface area contributed by atoms with E-state index in [2.05, 4.69) is 5.10 Å². The van der Waals surface area contributed by atoms with Gasteiger partial charge in [0.1, 0.15) is 11.6 Å². The van der Waals surface area contributed by atoms with Crippen LogP contribution in [0.4, 0.5) is 14.6 Å². The van der Waals surface area contributed by atoms with Crippen LogP contribution >= 0.6 is 0 Å². The summed E-state index contributed by atoms with van der Waals surface area (Å²) in [5.74, 6) is -2.53. The zero-order chi connectivity index (χ0) is 16.6. The molecule has 0 aliphatic rings. The standard InChI is InChI=1S/C16H11F2N3O2/c17-13-5-4-10(7-14(13)18)21-16(19)12(8-20-21)15(23)9-2-1-3-11(22)6-9/h1-8,22H,19H2. The summed E-state index contributed by atoms with van der Waals surface area (Å²) in [5, 5.41) is 13.4. The first-order valence-electron chi connectivity index (χ1n) is 6.60. The summed E-state index contributed by atoms with van der Waals surface area (Å²) in [7, 11) is 0. The number of aromatic hydroxyl groups is 1. The first-order chi connectivity index (χ1) is 11.0. The number of anilines is 1. The second-order valence-electron chi connectivity index (χ2n) is 4.83. The Balaban J connectivity index is 2.02. The van der Waals surface area contributed by atoms with Crippen LogP contribution in [0.1, 0.15) is 15.9 Å². The molecule has 0 saturated carbocycles. The van der Waals surface area contributed by atoms with E-state index in [-0.39, 0.29) is 28.4 Å². The number of nitrogens with zero attached hydrogens (tertiary/aromatic N) is 2. The monoisotopic (exact) mass is 315 g/mol. The molecule has 3 rings (SSSR count). The van der Waals surface area contributed by atoms with Crippen molar-refractivity contribution in [2.75, 3.05) is 5.73 Å². The van der Waals surface area contributed by atoms with Gasteiger partial charge in [0.2, 0.25) is 0 Å². The van der Waals surface area contributed by atoms with Gasteiger partial charge in [-0.15, -0.1) is 0 Å². The predicted molar refractivity (Wildman–Crippen MR) is 79.4 cm³/mol. The number of nitrogen functional groups attached to an aromatic ring is 1. The molecule has 5 nitrogen and oxygen atoms in total. The zero-order valence-electron chi connectivity index (χ0n) is 11.7. The number of phenolic OH excluding ortho intramolecular Hbond substituents is 1. The van der Waals surface area contributed by atoms with E-state index in [1.54, 1.807) is 0 Å². The van der Waals surface area contributed by atoms with E-state index >= 15 is 0 Å². The molecule has 0 aliphatic heterocycles. The highest BCUT2D eigenvalue weighted by Crippen LogP contribution is 2.22. The molecule has 0 unspecified atom stereocenters. The Kier molecular flexibility index (Phi) is 3.53. The molecule has 0 aliphatic carbocycles. The molecule has 3 N–H and O–H groups in total. The van der Waals surface area contributed by atoms with E-state index in [1.807, 2.05) is 0 Å². The smallest absolute Gasteiger partial charge is 0.198 e. The highest BCUT2D eigenvalue weighted by atomic mass is 19.2. The van der Waals surface area contributed by atoms with Crippen molar-refractivity contribution in [2.24, 2.45) is 0 Å². The predicted octanol–water partition coefficient (Wildman–Crippen LogP) is 2.67. The highest BCUT2D eigenvalue weighted by molar-refractivity contribution is 6.11. The lowest BCUT2D eigenvalue weighted by Crippen LogP contribution is -2.07. The summed E-state index contributed by atoms with van der Waals surface area (Å²) >= 11 is 0. The van der Waals surface area contributed by atoms with Gasteiger partial charge >= 0.3 is 0 Å². The number of nitrogens with two attached hydrogens (primary N) is 1. The number of halogens is 2. The van der Waals surface area contributed by atoms with Crippen molar-refractivity contribution < 1.29 is 18.7 Å². The van der Waals surface area contributed by atoms with Crippen molar-refractivity contribution in [2.45, 2.75) is 0 Å². The molecule has 0 amide bonds. The van der Waals surface area contributed by atoms with Gasteiger partial charge in [-0.3, -0.25) is 4.79 Å². The van der Waals surface area contributed by atoms with Crippen molar-refractivity contribution in [1.29, 1.82) is 0 Å². The second kappa shape index (κ2) is 5.53.